The number of hydrogen-bond donors (Lipinski definition) is 0. The first-order chi connectivity index (χ1) is 13.5. The van der Waals surface area contributed by atoms with Crippen LogP contribution >= 0.6 is 11.3 Å². The second-order valence-corrected chi connectivity index (χ2v) is 8.05. The molecule has 0 unspecified atom stereocenters. The SMILES string of the molecule is Cc1ncsc1C(=O)N1CCC[C@H]1CCc1cncc(-c2c(C)noc2C)n1. The summed E-state index contributed by atoms with van der Waals surface area (Å²) in [5.41, 5.74) is 5.99. The zero-order chi connectivity index (χ0) is 19.7. The van der Waals surface area contributed by atoms with Crippen molar-refractivity contribution in [2.24, 2.45) is 0 Å². The molecule has 1 aliphatic rings. The Hall–Kier alpha value is -2.61. The molecule has 3 aromatic rings. The van der Waals surface area contributed by atoms with Gasteiger partial charge in [0.05, 0.1) is 40.0 Å². The number of hydrogen-bond acceptors (Lipinski definition) is 7. The molecule has 1 aliphatic heterocycles. The van der Waals surface area contributed by atoms with E-state index in [1.54, 1.807) is 17.9 Å². The zero-order valence-electron chi connectivity index (χ0n) is 16.3. The van der Waals surface area contributed by atoms with Crippen molar-refractivity contribution in [2.45, 2.75) is 52.5 Å². The van der Waals surface area contributed by atoms with Gasteiger partial charge in [-0.25, -0.2) is 9.97 Å². The molecule has 1 amide bonds. The fourth-order valence-corrected chi connectivity index (χ4v) is 4.61. The van der Waals surface area contributed by atoms with Crippen LogP contribution in [0.3, 0.4) is 0 Å². The summed E-state index contributed by atoms with van der Waals surface area (Å²) >= 11 is 1.42. The maximum absolute atomic E-state index is 12.9. The Bertz CT molecular complexity index is 977. The van der Waals surface area contributed by atoms with E-state index in [1.165, 1.54) is 11.3 Å². The van der Waals surface area contributed by atoms with Crippen LogP contribution in [-0.2, 0) is 6.42 Å². The molecule has 28 heavy (non-hydrogen) atoms. The normalized spacial score (nSPS) is 16.7. The Labute approximate surface area is 167 Å². The number of likely N-dealkylation sites (tertiary alicyclic amines) is 1. The highest BCUT2D eigenvalue weighted by atomic mass is 32.1. The lowest BCUT2D eigenvalue weighted by atomic mass is 10.1. The van der Waals surface area contributed by atoms with Crippen LogP contribution in [0.2, 0.25) is 0 Å². The summed E-state index contributed by atoms with van der Waals surface area (Å²) in [4.78, 5) is 29.0. The van der Waals surface area contributed by atoms with Crippen LogP contribution in [0.5, 0.6) is 0 Å². The highest BCUT2D eigenvalue weighted by Crippen LogP contribution is 2.27. The number of nitrogens with zero attached hydrogens (tertiary/aromatic N) is 5. The molecule has 4 rings (SSSR count). The predicted molar refractivity (Wildman–Crippen MR) is 106 cm³/mol. The molecule has 0 aromatic carbocycles. The molecule has 0 saturated carbocycles. The van der Waals surface area contributed by atoms with Crippen molar-refractivity contribution in [1.29, 1.82) is 0 Å². The van der Waals surface area contributed by atoms with E-state index >= 15 is 0 Å². The van der Waals surface area contributed by atoms with Crippen LogP contribution in [0, 0.1) is 20.8 Å². The van der Waals surface area contributed by atoms with Crippen molar-refractivity contribution in [3.8, 4) is 11.3 Å². The van der Waals surface area contributed by atoms with E-state index in [0.29, 0.717) is 0 Å². The number of aryl methyl sites for hydroxylation is 4. The second-order valence-electron chi connectivity index (χ2n) is 7.19. The van der Waals surface area contributed by atoms with Crippen molar-refractivity contribution in [2.75, 3.05) is 6.54 Å². The number of thiazole rings is 1. The van der Waals surface area contributed by atoms with E-state index in [2.05, 4.69) is 15.1 Å². The van der Waals surface area contributed by atoms with Crippen molar-refractivity contribution in [1.82, 2.24) is 25.0 Å². The third kappa shape index (κ3) is 3.56. The summed E-state index contributed by atoms with van der Waals surface area (Å²) in [6, 6.07) is 0.235. The molecule has 1 fully saturated rings. The largest absolute Gasteiger partial charge is 0.361 e. The lowest BCUT2D eigenvalue weighted by Gasteiger charge is -2.24. The molecule has 0 N–H and O–H groups in total. The Morgan fingerprint density at radius 1 is 1.29 bits per heavy atom. The topological polar surface area (TPSA) is 85.0 Å². The molecule has 4 heterocycles. The third-order valence-electron chi connectivity index (χ3n) is 5.29. The van der Waals surface area contributed by atoms with Crippen molar-refractivity contribution in [3.63, 3.8) is 0 Å². The van der Waals surface area contributed by atoms with E-state index < -0.39 is 0 Å². The maximum Gasteiger partial charge on any atom is 0.266 e. The molecule has 0 aliphatic carbocycles. The molecule has 146 valence electrons. The first kappa shape index (κ1) is 18.7. The fraction of sp³-hybridized carbons (Fsp3) is 0.450. The van der Waals surface area contributed by atoms with Gasteiger partial charge in [0.15, 0.2) is 0 Å². The monoisotopic (exact) mass is 397 g/mol. The van der Waals surface area contributed by atoms with E-state index in [4.69, 9.17) is 9.51 Å². The summed E-state index contributed by atoms with van der Waals surface area (Å²) in [6.45, 7) is 6.49. The predicted octanol–water partition coefficient (Wildman–Crippen LogP) is 3.75. The molecular formula is C20H23N5O2S. The zero-order valence-corrected chi connectivity index (χ0v) is 17.1. The smallest absolute Gasteiger partial charge is 0.266 e. The van der Waals surface area contributed by atoms with Gasteiger partial charge in [0.1, 0.15) is 10.6 Å². The number of carbonyl (C=O) groups is 1. The van der Waals surface area contributed by atoms with Crippen LogP contribution in [0.1, 0.15) is 51.8 Å². The lowest BCUT2D eigenvalue weighted by molar-refractivity contribution is 0.0734. The van der Waals surface area contributed by atoms with Gasteiger partial charge in [-0.1, -0.05) is 5.16 Å². The van der Waals surface area contributed by atoms with Gasteiger partial charge in [0.2, 0.25) is 0 Å². The third-order valence-corrected chi connectivity index (χ3v) is 6.20. The average Bonchev–Trinajstić information content (AvgIpc) is 3.40. The molecule has 0 bridgehead atoms. The van der Waals surface area contributed by atoms with Crippen LogP contribution in [-0.4, -0.2) is 43.5 Å². The molecule has 3 aromatic heterocycles. The summed E-state index contributed by atoms with van der Waals surface area (Å²) in [7, 11) is 0. The Morgan fingerprint density at radius 2 is 2.14 bits per heavy atom. The van der Waals surface area contributed by atoms with Gasteiger partial charge in [-0.05, 0) is 46.5 Å². The first-order valence-electron chi connectivity index (χ1n) is 9.50. The molecule has 7 nitrogen and oxygen atoms in total. The van der Waals surface area contributed by atoms with Crippen LogP contribution in [0.4, 0.5) is 0 Å². The van der Waals surface area contributed by atoms with Crippen molar-refractivity contribution < 1.29 is 9.32 Å². The quantitative estimate of drug-likeness (QED) is 0.652. The number of amides is 1. The number of rotatable bonds is 5. The van der Waals surface area contributed by atoms with E-state index in [0.717, 1.165) is 71.2 Å². The van der Waals surface area contributed by atoms with Crippen LogP contribution < -0.4 is 0 Å². The average molecular weight is 398 g/mol. The summed E-state index contributed by atoms with van der Waals surface area (Å²) in [5, 5.41) is 4.00. The van der Waals surface area contributed by atoms with E-state index in [-0.39, 0.29) is 11.9 Å². The van der Waals surface area contributed by atoms with Gasteiger partial charge in [-0.15, -0.1) is 11.3 Å². The second kappa shape index (κ2) is 7.79. The standard InChI is InChI=1S/C20H23N5O2S/c1-12-18(14(3)27-24-12)17-10-21-9-15(23-17)6-7-16-5-4-8-25(16)20(26)19-13(2)22-11-28-19/h9-11,16H,4-8H2,1-3H3/t16-/m0/s1. The highest BCUT2D eigenvalue weighted by molar-refractivity contribution is 7.11. The Balaban J connectivity index is 1.46. The van der Waals surface area contributed by atoms with Crippen LogP contribution in [0.25, 0.3) is 11.3 Å². The van der Waals surface area contributed by atoms with E-state index in [9.17, 15) is 4.79 Å². The van der Waals surface area contributed by atoms with Gasteiger partial charge >= 0.3 is 0 Å². The molecule has 1 saturated heterocycles. The lowest BCUT2D eigenvalue weighted by Crippen LogP contribution is -2.35. The van der Waals surface area contributed by atoms with Crippen LogP contribution in [0.15, 0.2) is 22.4 Å². The van der Waals surface area contributed by atoms with Crippen molar-refractivity contribution >= 4 is 17.2 Å². The summed E-state index contributed by atoms with van der Waals surface area (Å²) in [5.74, 6) is 0.856. The Morgan fingerprint density at radius 3 is 2.86 bits per heavy atom. The molecule has 0 spiro atoms. The Kier molecular flexibility index (Phi) is 5.21. The fourth-order valence-electron chi connectivity index (χ4n) is 3.85. The van der Waals surface area contributed by atoms with Gasteiger partial charge in [-0.2, -0.15) is 0 Å². The highest BCUT2D eigenvalue weighted by Gasteiger charge is 2.30. The summed E-state index contributed by atoms with van der Waals surface area (Å²) in [6.07, 6.45) is 7.27. The minimum Gasteiger partial charge on any atom is -0.361 e. The van der Waals surface area contributed by atoms with Crippen molar-refractivity contribution in [3.05, 3.63) is 45.6 Å². The maximum atomic E-state index is 12.9. The van der Waals surface area contributed by atoms with Gasteiger partial charge in [0.25, 0.3) is 5.91 Å². The molecule has 8 heteroatoms. The molecular weight excluding hydrogens is 374 g/mol. The summed E-state index contributed by atoms with van der Waals surface area (Å²) < 4.78 is 5.25. The minimum atomic E-state index is 0.109. The molecule has 1 atom stereocenters. The van der Waals surface area contributed by atoms with E-state index in [1.807, 2.05) is 25.7 Å². The van der Waals surface area contributed by atoms with Gasteiger partial charge < -0.3 is 9.42 Å². The van der Waals surface area contributed by atoms with Gasteiger partial charge in [-0.3, -0.25) is 9.78 Å². The minimum absolute atomic E-state index is 0.109. The van der Waals surface area contributed by atoms with Gasteiger partial charge in [0, 0.05) is 18.8 Å². The first-order valence-corrected chi connectivity index (χ1v) is 10.4. The number of aromatic nitrogens is 4. The molecule has 0 radical (unpaired) electrons. The number of carbonyl (C=O) groups excluding carboxylic acids is 1.